The largest absolute Gasteiger partial charge is 0.390 e. The van der Waals surface area contributed by atoms with E-state index < -0.39 is 0 Å². The quantitative estimate of drug-likeness (QED) is 0.722. The van der Waals surface area contributed by atoms with Gasteiger partial charge in [-0.05, 0) is 86.9 Å². The van der Waals surface area contributed by atoms with Crippen LogP contribution in [0.15, 0.2) is 0 Å². The Balaban J connectivity index is 1.71. The Kier molecular flexibility index (Phi) is 3.48. The highest BCUT2D eigenvalue weighted by molar-refractivity contribution is 4.99. The molecule has 0 aliphatic heterocycles. The highest BCUT2D eigenvalue weighted by Gasteiger charge is 2.48. The predicted molar refractivity (Wildman–Crippen MR) is 79.9 cm³/mol. The van der Waals surface area contributed by atoms with Crippen molar-refractivity contribution in [3.63, 3.8) is 0 Å². The maximum atomic E-state index is 10.6. The minimum atomic E-state index is -0.318. The van der Waals surface area contributed by atoms with Gasteiger partial charge in [-0.2, -0.15) is 0 Å². The zero-order valence-corrected chi connectivity index (χ0v) is 13.1. The Morgan fingerprint density at radius 1 is 0.895 bits per heavy atom. The van der Waals surface area contributed by atoms with Crippen molar-refractivity contribution in [3.05, 3.63) is 0 Å². The fourth-order valence-corrected chi connectivity index (χ4v) is 5.68. The fourth-order valence-electron chi connectivity index (χ4n) is 5.68. The highest BCUT2D eigenvalue weighted by atomic mass is 16.3. The molecular formula is C18H32O. The van der Waals surface area contributed by atoms with E-state index in [1.165, 1.54) is 38.5 Å². The molecule has 1 heteroatoms. The van der Waals surface area contributed by atoms with E-state index in [1.807, 2.05) is 0 Å². The first-order chi connectivity index (χ1) is 8.92. The summed E-state index contributed by atoms with van der Waals surface area (Å²) in [7, 11) is 0. The van der Waals surface area contributed by atoms with E-state index in [0.717, 1.165) is 42.9 Å². The van der Waals surface area contributed by atoms with Crippen LogP contribution in [0.1, 0.15) is 78.6 Å². The standard InChI is InChI=1S/C18H32O/c1-4-18(19)10-8-16-14(12-18)6-5-13-11-17(2,3)9-7-15(13)16/h13-16,19H,4-12H2,1-3H3/t13-,14-,15-,16-,18+/m0/s1. The summed E-state index contributed by atoms with van der Waals surface area (Å²) in [4.78, 5) is 0. The molecule has 1 nitrogen and oxygen atoms in total. The molecule has 0 spiro atoms. The fraction of sp³-hybridized carbons (Fsp3) is 1.00. The van der Waals surface area contributed by atoms with Crippen molar-refractivity contribution >= 4 is 0 Å². The molecule has 0 bridgehead atoms. The average molecular weight is 264 g/mol. The van der Waals surface area contributed by atoms with Crippen LogP contribution in [0.25, 0.3) is 0 Å². The molecule has 0 amide bonds. The molecule has 0 unspecified atom stereocenters. The minimum Gasteiger partial charge on any atom is -0.390 e. The van der Waals surface area contributed by atoms with Gasteiger partial charge < -0.3 is 5.11 Å². The molecule has 0 aromatic carbocycles. The van der Waals surface area contributed by atoms with E-state index in [9.17, 15) is 5.11 Å². The number of hydrogen-bond donors (Lipinski definition) is 1. The second kappa shape index (κ2) is 4.76. The van der Waals surface area contributed by atoms with Crippen LogP contribution in [0, 0.1) is 29.1 Å². The van der Waals surface area contributed by atoms with Gasteiger partial charge in [0.1, 0.15) is 0 Å². The van der Waals surface area contributed by atoms with Crippen molar-refractivity contribution in [2.45, 2.75) is 84.2 Å². The van der Waals surface area contributed by atoms with E-state index in [0.29, 0.717) is 5.41 Å². The van der Waals surface area contributed by atoms with Crippen molar-refractivity contribution < 1.29 is 5.11 Å². The molecule has 0 aromatic heterocycles. The summed E-state index contributed by atoms with van der Waals surface area (Å²) < 4.78 is 0. The van der Waals surface area contributed by atoms with Gasteiger partial charge in [0, 0.05) is 0 Å². The molecule has 3 aliphatic rings. The maximum absolute atomic E-state index is 10.6. The SMILES string of the molecule is CC[C@@]1(O)CC[C@H]2[C@@H](CC[C@H]3CC(C)(C)CC[C@@H]32)C1. The summed E-state index contributed by atoms with van der Waals surface area (Å²) in [6, 6.07) is 0. The van der Waals surface area contributed by atoms with Crippen LogP contribution in [-0.2, 0) is 0 Å². The molecule has 5 atom stereocenters. The zero-order chi connectivity index (χ0) is 13.7. The predicted octanol–water partition coefficient (Wildman–Crippen LogP) is 4.78. The van der Waals surface area contributed by atoms with Gasteiger partial charge in [0.15, 0.2) is 0 Å². The van der Waals surface area contributed by atoms with Gasteiger partial charge in [-0.15, -0.1) is 0 Å². The van der Waals surface area contributed by atoms with Crippen LogP contribution in [0.3, 0.4) is 0 Å². The third-order valence-electron chi connectivity index (χ3n) is 6.88. The number of rotatable bonds is 1. The van der Waals surface area contributed by atoms with E-state index in [-0.39, 0.29) is 5.60 Å². The summed E-state index contributed by atoms with van der Waals surface area (Å²) in [6.45, 7) is 7.09. The first kappa shape index (κ1) is 13.9. The lowest BCUT2D eigenvalue weighted by Crippen LogP contribution is -2.47. The molecule has 3 fully saturated rings. The van der Waals surface area contributed by atoms with Crippen LogP contribution in [0.2, 0.25) is 0 Å². The topological polar surface area (TPSA) is 20.2 Å². The van der Waals surface area contributed by atoms with E-state index in [4.69, 9.17) is 0 Å². The van der Waals surface area contributed by atoms with E-state index in [2.05, 4.69) is 20.8 Å². The molecule has 0 saturated heterocycles. The Morgan fingerprint density at radius 2 is 1.47 bits per heavy atom. The Bertz CT molecular complexity index is 335. The molecule has 3 aliphatic carbocycles. The van der Waals surface area contributed by atoms with Crippen LogP contribution in [0.4, 0.5) is 0 Å². The molecule has 1 N–H and O–H groups in total. The van der Waals surface area contributed by atoms with E-state index >= 15 is 0 Å². The third-order valence-corrected chi connectivity index (χ3v) is 6.88. The lowest BCUT2D eigenvalue weighted by molar-refractivity contribution is -0.0864. The highest BCUT2D eigenvalue weighted by Crippen LogP contribution is 2.56. The molecule has 0 heterocycles. The third kappa shape index (κ3) is 2.60. The molecule has 19 heavy (non-hydrogen) atoms. The second-order valence-electron chi connectivity index (χ2n) is 8.65. The first-order valence-corrected chi connectivity index (χ1v) is 8.65. The second-order valence-corrected chi connectivity index (χ2v) is 8.65. The van der Waals surface area contributed by atoms with Crippen molar-refractivity contribution in [3.8, 4) is 0 Å². The van der Waals surface area contributed by atoms with Gasteiger partial charge in [0.2, 0.25) is 0 Å². The molecule has 0 aromatic rings. The first-order valence-electron chi connectivity index (χ1n) is 8.65. The van der Waals surface area contributed by atoms with Gasteiger partial charge in [-0.25, -0.2) is 0 Å². The van der Waals surface area contributed by atoms with Crippen molar-refractivity contribution in [2.24, 2.45) is 29.1 Å². The minimum absolute atomic E-state index is 0.318. The number of aliphatic hydroxyl groups is 1. The number of fused-ring (bicyclic) bond motifs is 3. The van der Waals surface area contributed by atoms with Crippen LogP contribution < -0.4 is 0 Å². The van der Waals surface area contributed by atoms with Gasteiger partial charge in [-0.1, -0.05) is 20.8 Å². The molecule has 0 radical (unpaired) electrons. The Morgan fingerprint density at radius 3 is 2.11 bits per heavy atom. The lowest BCUT2D eigenvalue weighted by Gasteiger charge is -2.54. The van der Waals surface area contributed by atoms with E-state index in [1.54, 1.807) is 0 Å². The van der Waals surface area contributed by atoms with Crippen molar-refractivity contribution in [1.82, 2.24) is 0 Å². The number of hydrogen-bond acceptors (Lipinski definition) is 1. The van der Waals surface area contributed by atoms with Crippen LogP contribution in [-0.4, -0.2) is 10.7 Å². The summed E-state index contributed by atoms with van der Waals surface area (Å²) in [6.07, 6.45) is 11.6. The van der Waals surface area contributed by atoms with Crippen molar-refractivity contribution in [2.75, 3.05) is 0 Å². The van der Waals surface area contributed by atoms with Crippen molar-refractivity contribution in [1.29, 1.82) is 0 Å². The van der Waals surface area contributed by atoms with Crippen LogP contribution in [0.5, 0.6) is 0 Å². The molecule has 3 saturated carbocycles. The van der Waals surface area contributed by atoms with Gasteiger partial charge in [0.25, 0.3) is 0 Å². The normalized spacial score (nSPS) is 49.3. The lowest BCUT2D eigenvalue weighted by atomic mass is 9.53. The summed E-state index contributed by atoms with van der Waals surface area (Å²) >= 11 is 0. The van der Waals surface area contributed by atoms with Crippen LogP contribution >= 0.6 is 0 Å². The summed E-state index contributed by atoms with van der Waals surface area (Å²) in [5.41, 5.74) is 0.273. The molecule has 3 rings (SSSR count). The summed E-state index contributed by atoms with van der Waals surface area (Å²) in [5.74, 6) is 3.77. The van der Waals surface area contributed by atoms with Gasteiger partial charge in [0.05, 0.1) is 5.60 Å². The monoisotopic (exact) mass is 264 g/mol. The Labute approximate surface area is 119 Å². The Hall–Kier alpha value is -0.0400. The smallest absolute Gasteiger partial charge is 0.0648 e. The molecule has 110 valence electrons. The zero-order valence-electron chi connectivity index (χ0n) is 13.1. The van der Waals surface area contributed by atoms with Gasteiger partial charge in [-0.3, -0.25) is 0 Å². The molecular weight excluding hydrogens is 232 g/mol. The average Bonchev–Trinajstić information content (AvgIpc) is 2.37. The van der Waals surface area contributed by atoms with Gasteiger partial charge >= 0.3 is 0 Å². The maximum Gasteiger partial charge on any atom is 0.0648 e. The summed E-state index contributed by atoms with van der Waals surface area (Å²) in [5, 5.41) is 10.6.